The van der Waals surface area contributed by atoms with Crippen LogP contribution >= 0.6 is 0 Å². The van der Waals surface area contributed by atoms with Gasteiger partial charge in [-0.1, -0.05) is 42.0 Å². The Morgan fingerprint density at radius 1 is 0.914 bits per heavy atom. The topological polar surface area (TPSA) is 65.7 Å². The number of fused-ring (bicyclic) bond motifs is 1. The van der Waals surface area contributed by atoms with E-state index in [1.165, 1.54) is 30.3 Å². The van der Waals surface area contributed by atoms with Crippen molar-refractivity contribution in [1.82, 2.24) is 0 Å². The van der Waals surface area contributed by atoms with Crippen molar-refractivity contribution in [1.29, 1.82) is 0 Å². The summed E-state index contributed by atoms with van der Waals surface area (Å²) in [6.07, 6.45) is -2.28. The molecule has 178 valence electrons. The molecule has 5 nitrogen and oxygen atoms in total. The van der Waals surface area contributed by atoms with Crippen LogP contribution in [-0.4, -0.2) is 5.97 Å². The molecule has 0 aliphatic heterocycles. The molecule has 0 radical (unpaired) electrons. The molecule has 35 heavy (non-hydrogen) atoms. The van der Waals surface area contributed by atoms with E-state index >= 15 is 0 Å². The van der Waals surface area contributed by atoms with Gasteiger partial charge >= 0.3 is 12.1 Å². The molecule has 1 aromatic heterocycles. The van der Waals surface area contributed by atoms with E-state index in [0.29, 0.717) is 0 Å². The number of hydrogen-bond donors (Lipinski definition) is 0. The molecule has 0 amide bonds. The molecular formula is C27H19F3O5. The number of halogens is 3. The number of carbonyl (C=O) groups is 1. The van der Waals surface area contributed by atoms with Crippen LogP contribution in [0.25, 0.3) is 17.0 Å². The third-order valence-electron chi connectivity index (χ3n) is 5.00. The van der Waals surface area contributed by atoms with Gasteiger partial charge in [0.25, 0.3) is 5.76 Å². The average molecular weight is 480 g/mol. The highest BCUT2D eigenvalue weighted by Crippen LogP contribution is 2.38. The fourth-order valence-electron chi connectivity index (χ4n) is 3.29. The van der Waals surface area contributed by atoms with Crippen LogP contribution in [0.4, 0.5) is 13.2 Å². The number of ether oxygens (including phenoxy) is 2. The first-order valence-corrected chi connectivity index (χ1v) is 10.5. The Morgan fingerprint density at radius 2 is 1.66 bits per heavy atom. The fourth-order valence-corrected chi connectivity index (χ4v) is 3.29. The average Bonchev–Trinajstić information content (AvgIpc) is 2.80. The lowest BCUT2D eigenvalue weighted by Gasteiger charge is -2.13. The van der Waals surface area contributed by atoms with Crippen molar-refractivity contribution in [3.8, 4) is 17.2 Å². The molecule has 4 rings (SSSR count). The third kappa shape index (κ3) is 5.60. The van der Waals surface area contributed by atoms with Gasteiger partial charge < -0.3 is 13.9 Å². The molecule has 0 bridgehead atoms. The number of esters is 1. The van der Waals surface area contributed by atoms with Crippen LogP contribution in [0.5, 0.6) is 17.2 Å². The van der Waals surface area contributed by atoms with Gasteiger partial charge in [0.15, 0.2) is 0 Å². The lowest BCUT2D eigenvalue weighted by Crippen LogP contribution is -2.15. The third-order valence-corrected chi connectivity index (χ3v) is 5.00. The van der Waals surface area contributed by atoms with Crippen LogP contribution in [0.15, 0.2) is 82.0 Å². The highest BCUT2D eigenvalue weighted by Gasteiger charge is 2.40. The predicted molar refractivity (Wildman–Crippen MR) is 125 cm³/mol. The number of aryl methyl sites for hydroxylation is 2. The zero-order chi connectivity index (χ0) is 25.2. The lowest BCUT2D eigenvalue weighted by molar-refractivity contribution is -0.154. The molecule has 0 unspecified atom stereocenters. The van der Waals surface area contributed by atoms with Gasteiger partial charge in [-0.25, -0.2) is 4.79 Å². The van der Waals surface area contributed by atoms with Crippen LogP contribution in [0.1, 0.15) is 22.5 Å². The minimum absolute atomic E-state index is 0.0630. The maximum absolute atomic E-state index is 13.7. The minimum atomic E-state index is -5.00. The van der Waals surface area contributed by atoms with Crippen molar-refractivity contribution < 1.29 is 31.9 Å². The number of carbonyl (C=O) groups excluding carboxylic acids is 1. The summed E-state index contributed by atoms with van der Waals surface area (Å²) in [7, 11) is 0. The van der Waals surface area contributed by atoms with Gasteiger partial charge in [0.2, 0.25) is 11.2 Å². The summed E-state index contributed by atoms with van der Waals surface area (Å²) in [6, 6.07) is 17.2. The van der Waals surface area contributed by atoms with E-state index in [1.54, 1.807) is 25.1 Å². The summed E-state index contributed by atoms with van der Waals surface area (Å²) in [5, 5.41) is -0.157. The van der Waals surface area contributed by atoms with E-state index in [-0.39, 0.29) is 16.9 Å². The van der Waals surface area contributed by atoms with Crippen LogP contribution in [-0.2, 0) is 11.0 Å². The van der Waals surface area contributed by atoms with Gasteiger partial charge in [0.05, 0.1) is 5.39 Å². The van der Waals surface area contributed by atoms with E-state index < -0.39 is 34.7 Å². The minimum Gasteiger partial charge on any atom is -0.449 e. The SMILES string of the molecule is Cc1ccc(C=CC(=O)Oc2ccc3c(=O)c(Oc4cccc(C)c4)c(C(F)(F)F)oc3c2)cc1. The number of alkyl halides is 3. The van der Waals surface area contributed by atoms with Gasteiger partial charge in [0, 0.05) is 12.1 Å². The molecular weight excluding hydrogens is 461 g/mol. The van der Waals surface area contributed by atoms with Crippen LogP contribution < -0.4 is 14.9 Å². The van der Waals surface area contributed by atoms with E-state index in [4.69, 9.17) is 13.9 Å². The number of benzene rings is 3. The molecule has 4 aromatic rings. The monoisotopic (exact) mass is 480 g/mol. The second kappa shape index (κ2) is 9.50. The van der Waals surface area contributed by atoms with Gasteiger partial charge in [-0.3, -0.25) is 4.79 Å². The van der Waals surface area contributed by atoms with E-state index in [1.807, 2.05) is 31.2 Å². The molecule has 0 N–H and O–H groups in total. The first-order chi connectivity index (χ1) is 16.6. The highest BCUT2D eigenvalue weighted by molar-refractivity contribution is 5.89. The predicted octanol–water partition coefficient (Wildman–Crippen LogP) is 6.84. The Kier molecular flexibility index (Phi) is 6.46. The maximum Gasteiger partial charge on any atom is 0.453 e. The van der Waals surface area contributed by atoms with Crippen LogP contribution in [0.3, 0.4) is 0 Å². The zero-order valence-corrected chi connectivity index (χ0v) is 18.7. The summed E-state index contributed by atoms with van der Waals surface area (Å²) in [4.78, 5) is 25.1. The normalized spacial score (nSPS) is 11.7. The molecule has 0 aliphatic carbocycles. The second-order valence-electron chi connectivity index (χ2n) is 7.83. The Hall–Kier alpha value is -4.33. The van der Waals surface area contributed by atoms with Gasteiger partial charge in [-0.15, -0.1) is 0 Å². The summed E-state index contributed by atoms with van der Waals surface area (Å²) in [6.45, 7) is 3.67. The summed E-state index contributed by atoms with van der Waals surface area (Å²) in [5.41, 5.74) is 1.18. The molecule has 3 aromatic carbocycles. The Labute approximate surface area is 198 Å². The zero-order valence-electron chi connectivity index (χ0n) is 18.7. The molecule has 0 saturated carbocycles. The Balaban J connectivity index is 1.66. The molecule has 8 heteroatoms. The first-order valence-electron chi connectivity index (χ1n) is 10.5. The molecule has 0 atom stereocenters. The standard InChI is InChI=1S/C27H19F3O5/c1-16-6-8-18(9-7-16)10-13-23(31)33-20-11-12-21-22(15-20)35-26(27(28,29)30)25(24(21)32)34-19-5-3-4-17(2)14-19/h3-15H,1-2H3. The number of rotatable bonds is 5. The quantitative estimate of drug-likeness (QED) is 0.178. The number of hydrogen-bond acceptors (Lipinski definition) is 5. The van der Waals surface area contributed by atoms with Crippen molar-refractivity contribution in [3.05, 3.63) is 105 Å². The first kappa shape index (κ1) is 23.8. The van der Waals surface area contributed by atoms with E-state index in [2.05, 4.69) is 0 Å². The van der Waals surface area contributed by atoms with Gasteiger partial charge in [-0.05, 0) is 55.3 Å². The van der Waals surface area contributed by atoms with E-state index in [0.717, 1.165) is 22.8 Å². The smallest absolute Gasteiger partial charge is 0.449 e. The lowest BCUT2D eigenvalue weighted by atomic mass is 10.1. The maximum atomic E-state index is 13.7. The Bertz CT molecular complexity index is 1480. The van der Waals surface area contributed by atoms with E-state index in [9.17, 15) is 22.8 Å². The van der Waals surface area contributed by atoms with Crippen molar-refractivity contribution in [2.24, 2.45) is 0 Å². The molecule has 0 fully saturated rings. The van der Waals surface area contributed by atoms with Crippen molar-refractivity contribution in [3.63, 3.8) is 0 Å². The van der Waals surface area contributed by atoms with Crippen LogP contribution in [0.2, 0.25) is 0 Å². The highest BCUT2D eigenvalue weighted by atomic mass is 19.4. The van der Waals surface area contributed by atoms with Crippen LogP contribution in [0, 0.1) is 13.8 Å². The van der Waals surface area contributed by atoms with Crippen molar-refractivity contribution >= 4 is 23.0 Å². The molecule has 0 saturated heterocycles. The summed E-state index contributed by atoms with van der Waals surface area (Å²) < 4.78 is 56.7. The summed E-state index contributed by atoms with van der Waals surface area (Å²) in [5.74, 6) is -3.32. The van der Waals surface area contributed by atoms with Crippen molar-refractivity contribution in [2.45, 2.75) is 20.0 Å². The van der Waals surface area contributed by atoms with Gasteiger partial charge in [-0.2, -0.15) is 13.2 Å². The fraction of sp³-hybridized carbons (Fsp3) is 0.111. The Morgan fingerprint density at radius 3 is 2.34 bits per heavy atom. The van der Waals surface area contributed by atoms with Crippen molar-refractivity contribution in [2.75, 3.05) is 0 Å². The molecule has 1 heterocycles. The molecule has 0 spiro atoms. The summed E-state index contributed by atoms with van der Waals surface area (Å²) >= 11 is 0. The molecule has 0 aliphatic rings. The van der Waals surface area contributed by atoms with Gasteiger partial charge in [0.1, 0.15) is 17.1 Å². The second-order valence-corrected chi connectivity index (χ2v) is 7.83. The largest absolute Gasteiger partial charge is 0.453 e.